The molecule has 1 aliphatic heterocycles. The summed E-state index contributed by atoms with van der Waals surface area (Å²) in [4.78, 5) is 14.0. The summed E-state index contributed by atoms with van der Waals surface area (Å²) in [5, 5.41) is 0. The molecule has 0 spiro atoms. The van der Waals surface area contributed by atoms with Gasteiger partial charge in [0.15, 0.2) is 11.5 Å². The van der Waals surface area contributed by atoms with E-state index >= 15 is 0 Å². The number of carbonyl (C=O) groups excluding carboxylic acids is 1. The molecule has 4 nitrogen and oxygen atoms in total. The maximum Gasteiger partial charge on any atom is 0.232 e. The standard InChI is InChI=1S/C18H18BrNO3S/c1-20(9-13-5-3-2-4-6-13)18(21)11-24-10-14-7-16-17(8-15(14)19)23-12-22-16/h2-8H,9-12H2,1H3. The van der Waals surface area contributed by atoms with E-state index in [0.717, 1.165) is 32.9 Å². The highest BCUT2D eigenvalue weighted by Crippen LogP contribution is 2.38. The maximum atomic E-state index is 12.3. The average Bonchev–Trinajstić information content (AvgIpc) is 3.02. The van der Waals surface area contributed by atoms with Gasteiger partial charge in [0, 0.05) is 23.8 Å². The van der Waals surface area contributed by atoms with E-state index in [1.807, 2.05) is 49.5 Å². The number of rotatable bonds is 6. The second kappa shape index (κ2) is 7.94. The van der Waals surface area contributed by atoms with E-state index in [1.54, 1.807) is 16.7 Å². The van der Waals surface area contributed by atoms with Crippen LogP contribution in [-0.2, 0) is 17.1 Å². The van der Waals surface area contributed by atoms with Crippen LogP contribution in [0.15, 0.2) is 46.9 Å². The molecule has 6 heteroatoms. The lowest BCUT2D eigenvalue weighted by Crippen LogP contribution is -2.27. The molecule has 24 heavy (non-hydrogen) atoms. The van der Waals surface area contributed by atoms with Gasteiger partial charge in [-0.25, -0.2) is 0 Å². The molecule has 0 atom stereocenters. The van der Waals surface area contributed by atoms with Gasteiger partial charge in [-0.2, -0.15) is 0 Å². The molecule has 0 aliphatic carbocycles. The molecule has 1 heterocycles. The highest BCUT2D eigenvalue weighted by Gasteiger charge is 2.17. The molecule has 0 unspecified atom stereocenters. The topological polar surface area (TPSA) is 38.8 Å². The first-order valence-corrected chi connectivity index (χ1v) is 9.52. The summed E-state index contributed by atoms with van der Waals surface area (Å²) in [6.45, 7) is 0.898. The van der Waals surface area contributed by atoms with Crippen LogP contribution in [0.2, 0.25) is 0 Å². The Balaban J connectivity index is 1.50. The molecule has 0 N–H and O–H groups in total. The minimum Gasteiger partial charge on any atom is -0.454 e. The van der Waals surface area contributed by atoms with Crippen molar-refractivity contribution < 1.29 is 14.3 Å². The summed E-state index contributed by atoms with van der Waals surface area (Å²) in [6, 6.07) is 13.9. The van der Waals surface area contributed by atoms with Crippen LogP contribution < -0.4 is 9.47 Å². The van der Waals surface area contributed by atoms with Crippen molar-refractivity contribution in [3.8, 4) is 11.5 Å². The lowest BCUT2D eigenvalue weighted by molar-refractivity contribution is -0.127. The maximum absolute atomic E-state index is 12.3. The van der Waals surface area contributed by atoms with E-state index in [-0.39, 0.29) is 12.7 Å². The number of halogens is 1. The van der Waals surface area contributed by atoms with Crippen molar-refractivity contribution in [2.45, 2.75) is 12.3 Å². The van der Waals surface area contributed by atoms with Crippen molar-refractivity contribution >= 4 is 33.6 Å². The van der Waals surface area contributed by atoms with Crippen molar-refractivity contribution in [1.82, 2.24) is 4.90 Å². The van der Waals surface area contributed by atoms with Gasteiger partial charge in [0.05, 0.1) is 5.75 Å². The van der Waals surface area contributed by atoms with Crippen molar-refractivity contribution in [1.29, 1.82) is 0 Å². The summed E-state index contributed by atoms with van der Waals surface area (Å²) in [7, 11) is 1.84. The molecule has 1 amide bonds. The van der Waals surface area contributed by atoms with Gasteiger partial charge in [0.25, 0.3) is 0 Å². The molecule has 0 saturated carbocycles. The van der Waals surface area contributed by atoms with Gasteiger partial charge in [-0.1, -0.05) is 46.3 Å². The Morgan fingerprint density at radius 2 is 1.92 bits per heavy atom. The summed E-state index contributed by atoms with van der Waals surface area (Å²) in [6.07, 6.45) is 0. The zero-order valence-corrected chi connectivity index (χ0v) is 15.7. The molecule has 0 radical (unpaired) electrons. The molecule has 126 valence electrons. The van der Waals surface area contributed by atoms with Crippen LogP contribution in [-0.4, -0.2) is 30.4 Å². The first-order valence-electron chi connectivity index (χ1n) is 7.57. The largest absolute Gasteiger partial charge is 0.454 e. The van der Waals surface area contributed by atoms with Gasteiger partial charge >= 0.3 is 0 Å². The number of ether oxygens (including phenoxy) is 2. The first kappa shape index (κ1) is 17.2. The van der Waals surface area contributed by atoms with Crippen molar-refractivity contribution in [3.05, 3.63) is 58.1 Å². The van der Waals surface area contributed by atoms with Crippen LogP contribution in [0.5, 0.6) is 11.5 Å². The van der Waals surface area contributed by atoms with Gasteiger partial charge in [0.2, 0.25) is 12.7 Å². The fourth-order valence-corrected chi connectivity index (χ4v) is 3.98. The minimum atomic E-state index is 0.126. The van der Waals surface area contributed by atoms with Crippen molar-refractivity contribution in [3.63, 3.8) is 0 Å². The number of nitrogens with zero attached hydrogens (tertiary/aromatic N) is 1. The molecule has 0 bridgehead atoms. The van der Waals surface area contributed by atoms with Gasteiger partial charge in [-0.05, 0) is 23.3 Å². The Bertz CT molecular complexity index is 724. The fourth-order valence-electron chi connectivity index (χ4n) is 2.37. The van der Waals surface area contributed by atoms with Crippen LogP contribution in [0.3, 0.4) is 0 Å². The molecule has 3 rings (SSSR count). The SMILES string of the molecule is CN(Cc1ccccc1)C(=O)CSCc1cc2c(cc1Br)OCO2. The molecule has 0 aromatic heterocycles. The van der Waals surface area contributed by atoms with E-state index in [0.29, 0.717) is 12.3 Å². The number of hydrogen-bond acceptors (Lipinski definition) is 4. The highest BCUT2D eigenvalue weighted by molar-refractivity contribution is 9.10. The van der Waals surface area contributed by atoms with Crippen LogP contribution >= 0.6 is 27.7 Å². The third-order valence-corrected chi connectivity index (χ3v) is 5.42. The monoisotopic (exact) mass is 407 g/mol. The molecular formula is C18H18BrNO3S. The molecule has 2 aromatic rings. The number of amides is 1. The van der Waals surface area contributed by atoms with Crippen molar-refractivity contribution in [2.75, 3.05) is 19.6 Å². The van der Waals surface area contributed by atoms with Crippen molar-refractivity contribution in [2.24, 2.45) is 0 Å². The molecule has 1 aliphatic rings. The zero-order valence-electron chi connectivity index (χ0n) is 13.3. The van der Waals surface area contributed by atoms with E-state index in [2.05, 4.69) is 15.9 Å². The fraction of sp³-hybridized carbons (Fsp3) is 0.278. The van der Waals surface area contributed by atoms with Crippen LogP contribution in [0.1, 0.15) is 11.1 Å². The van der Waals surface area contributed by atoms with Gasteiger partial charge in [-0.15, -0.1) is 11.8 Å². The number of benzene rings is 2. The van der Waals surface area contributed by atoms with E-state index < -0.39 is 0 Å². The van der Waals surface area contributed by atoms with Crippen LogP contribution in [0.4, 0.5) is 0 Å². The summed E-state index contributed by atoms with van der Waals surface area (Å²) in [5.74, 6) is 2.84. The summed E-state index contributed by atoms with van der Waals surface area (Å²) < 4.78 is 11.7. The minimum absolute atomic E-state index is 0.126. The third-order valence-electron chi connectivity index (χ3n) is 3.71. The first-order chi connectivity index (χ1) is 11.6. The zero-order chi connectivity index (χ0) is 16.9. The third kappa shape index (κ3) is 4.24. The second-order valence-electron chi connectivity index (χ2n) is 5.53. The molecular weight excluding hydrogens is 390 g/mol. The van der Waals surface area contributed by atoms with Crippen LogP contribution in [0.25, 0.3) is 0 Å². The Kier molecular flexibility index (Phi) is 5.68. The lowest BCUT2D eigenvalue weighted by Gasteiger charge is -2.17. The summed E-state index contributed by atoms with van der Waals surface area (Å²) >= 11 is 5.14. The number of fused-ring (bicyclic) bond motifs is 1. The predicted molar refractivity (Wildman–Crippen MR) is 99.3 cm³/mol. The Morgan fingerprint density at radius 3 is 2.67 bits per heavy atom. The second-order valence-corrected chi connectivity index (χ2v) is 7.37. The molecule has 0 saturated heterocycles. The van der Waals surface area contributed by atoms with Gasteiger partial charge < -0.3 is 14.4 Å². The van der Waals surface area contributed by atoms with Crippen LogP contribution in [0, 0.1) is 0 Å². The van der Waals surface area contributed by atoms with E-state index in [4.69, 9.17) is 9.47 Å². The molecule has 2 aromatic carbocycles. The Labute approximate surface area is 154 Å². The lowest BCUT2D eigenvalue weighted by atomic mass is 10.2. The quantitative estimate of drug-likeness (QED) is 0.723. The smallest absolute Gasteiger partial charge is 0.232 e. The predicted octanol–water partition coefficient (Wildman–Crippen LogP) is 4.07. The average molecular weight is 408 g/mol. The summed E-state index contributed by atoms with van der Waals surface area (Å²) in [5.41, 5.74) is 2.24. The van der Waals surface area contributed by atoms with Gasteiger partial charge in [0.1, 0.15) is 0 Å². The number of thioether (sulfide) groups is 1. The van der Waals surface area contributed by atoms with Gasteiger partial charge in [-0.3, -0.25) is 4.79 Å². The Morgan fingerprint density at radius 1 is 1.21 bits per heavy atom. The number of hydrogen-bond donors (Lipinski definition) is 0. The number of carbonyl (C=O) groups is 1. The Hall–Kier alpha value is -1.66. The van der Waals surface area contributed by atoms with E-state index in [9.17, 15) is 4.79 Å². The van der Waals surface area contributed by atoms with E-state index in [1.165, 1.54) is 0 Å². The molecule has 0 fully saturated rings. The highest BCUT2D eigenvalue weighted by atomic mass is 79.9. The normalized spacial score (nSPS) is 12.2.